The van der Waals surface area contributed by atoms with Crippen LogP contribution in [-0.2, 0) is 19.1 Å². The van der Waals surface area contributed by atoms with Crippen LogP contribution in [0.4, 0.5) is 0 Å². The standard InChI is InChI=1S/C15H20O4/c1-18-13(16)9-5-3-6-10-15(14(17)19-2)11-7-4-8-12-15/h7,11H,3-4,6,8,10,12H2,1-2H3. The molecule has 0 aromatic heterocycles. The molecule has 0 amide bonds. The van der Waals surface area contributed by atoms with Gasteiger partial charge in [-0.1, -0.05) is 18.1 Å². The molecule has 4 nitrogen and oxygen atoms in total. The maximum atomic E-state index is 11.9. The Hall–Kier alpha value is -1.76. The number of esters is 2. The van der Waals surface area contributed by atoms with Crippen LogP contribution in [0.1, 0.15) is 38.5 Å². The number of carbonyl (C=O) groups excluding carboxylic acids is 2. The molecule has 0 aliphatic heterocycles. The van der Waals surface area contributed by atoms with E-state index in [1.165, 1.54) is 14.2 Å². The molecule has 1 aliphatic rings. The number of rotatable bonds is 4. The monoisotopic (exact) mass is 264 g/mol. The highest BCUT2D eigenvalue weighted by atomic mass is 16.5. The molecule has 0 saturated carbocycles. The molecule has 0 N–H and O–H groups in total. The van der Waals surface area contributed by atoms with Gasteiger partial charge in [0.15, 0.2) is 0 Å². The van der Waals surface area contributed by atoms with Gasteiger partial charge in [-0.15, -0.1) is 0 Å². The first-order chi connectivity index (χ1) is 9.14. The minimum atomic E-state index is -0.528. The molecule has 19 heavy (non-hydrogen) atoms. The molecule has 0 spiro atoms. The first kappa shape index (κ1) is 15.3. The second-order valence-electron chi connectivity index (χ2n) is 4.59. The fraction of sp³-hybridized carbons (Fsp3) is 0.600. The minimum absolute atomic E-state index is 0.177. The van der Waals surface area contributed by atoms with E-state index in [1.54, 1.807) is 0 Å². The van der Waals surface area contributed by atoms with Crippen molar-refractivity contribution in [2.24, 2.45) is 5.41 Å². The van der Waals surface area contributed by atoms with Crippen molar-refractivity contribution >= 4 is 11.9 Å². The Balaban J connectivity index is 2.52. The Labute approximate surface area is 114 Å². The largest absolute Gasteiger partial charge is 0.468 e. The van der Waals surface area contributed by atoms with E-state index in [2.05, 4.69) is 16.6 Å². The zero-order valence-electron chi connectivity index (χ0n) is 11.5. The normalized spacial score (nSPS) is 21.2. The Morgan fingerprint density at radius 3 is 2.68 bits per heavy atom. The van der Waals surface area contributed by atoms with Crippen molar-refractivity contribution in [2.45, 2.75) is 38.5 Å². The molecule has 1 atom stereocenters. The summed E-state index contributed by atoms with van der Waals surface area (Å²) >= 11 is 0. The lowest BCUT2D eigenvalue weighted by molar-refractivity contribution is -0.151. The Bertz CT molecular complexity index is 414. The van der Waals surface area contributed by atoms with Crippen LogP contribution in [0.3, 0.4) is 0 Å². The lowest BCUT2D eigenvalue weighted by atomic mass is 9.75. The number of hydrogen-bond donors (Lipinski definition) is 0. The van der Waals surface area contributed by atoms with Crippen molar-refractivity contribution in [2.75, 3.05) is 14.2 Å². The second-order valence-corrected chi connectivity index (χ2v) is 4.59. The van der Waals surface area contributed by atoms with Crippen molar-refractivity contribution in [3.63, 3.8) is 0 Å². The Morgan fingerprint density at radius 1 is 1.32 bits per heavy atom. The van der Waals surface area contributed by atoms with E-state index in [-0.39, 0.29) is 5.97 Å². The Morgan fingerprint density at radius 2 is 2.11 bits per heavy atom. The summed E-state index contributed by atoms with van der Waals surface area (Å²) in [6.45, 7) is 0. The first-order valence-electron chi connectivity index (χ1n) is 6.47. The predicted molar refractivity (Wildman–Crippen MR) is 71.1 cm³/mol. The second kappa shape index (κ2) is 7.63. The van der Waals surface area contributed by atoms with Gasteiger partial charge in [-0.25, -0.2) is 4.79 Å². The summed E-state index contributed by atoms with van der Waals surface area (Å²) in [5, 5.41) is 0. The summed E-state index contributed by atoms with van der Waals surface area (Å²) in [7, 11) is 2.72. The number of hydrogen-bond acceptors (Lipinski definition) is 4. The highest BCUT2D eigenvalue weighted by Gasteiger charge is 2.36. The van der Waals surface area contributed by atoms with E-state index in [0.717, 1.165) is 25.7 Å². The molecule has 0 saturated heterocycles. The van der Waals surface area contributed by atoms with Gasteiger partial charge in [-0.2, -0.15) is 0 Å². The maximum Gasteiger partial charge on any atom is 0.384 e. The number of unbranched alkanes of at least 4 members (excludes halogenated alkanes) is 1. The van der Waals surface area contributed by atoms with E-state index in [0.29, 0.717) is 12.8 Å². The third-order valence-corrected chi connectivity index (χ3v) is 3.32. The summed E-state index contributed by atoms with van der Waals surface area (Å²) in [6.07, 6.45) is 8.87. The van der Waals surface area contributed by atoms with Crippen LogP contribution >= 0.6 is 0 Å². The molecule has 1 rings (SSSR count). The molecule has 0 aromatic carbocycles. The lowest BCUT2D eigenvalue weighted by Gasteiger charge is -2.30. The third kappa shape index (κ3) is 4.44. The van der Waals surface area contributed by atoms with E-state index in [9.17, 15) is 9.59 Å². The van der Waals surface area contributed by atoms with Gasteiger partial charge in [-0.05, 0) is 32.1 Å². The summed E-state index contributed by atoms with van der Waals surface area (Å²) in [4.78, 5) is 22.7. The van der Waals surface area contributed by atoms with Gasteiger partial charge in [0.05, 0.1) is 19.6 Å². The topological polar surface area (TPSA) is 52.6 Å². The van der Waals surface area contributed by atoms with Crippen molar-refractivity contribution in [1.82, 2.24) is 0 Å². The van der Waals surface area contributed by atoms with Crippen LogP contribution in [0.15, 0.2) is 12.2 Å². The van der Waals surface area contributed by atoms with Crippen molar-refractivity contribution in [1.29, 1.82) is 0 Å². The van der Waals surface area contributed by atoms with Crippen LogP contribution in [0.5, 0.6) is 0 Å². The Kier molecular flexibility index (Phi) is 6.14. The van der Waals surface area contributed by atoms with Crippen LogP contribution in [0, 0.1) is 17.3 Å². The fourth-order valence-corrected chi connectivity index (χ4v) is 2.29. The SMILES string of the molecule is COC(=O)C#CCCCC1(C(=O)OC)C=CCCC1. The van der Waals surface area contributed by atoms with Crippen molar-refractivity contribution in [3.8, 4) is 11.8 Å². The van der Waals surface area contributed by atoms with Gasteiger partial charge in [-0.3, -0.25) is 4.79 Å². The molecular formula is C15H20O4. The quantitative estimate of drug-likeness (QED) is 0.257. The summed E-state index contributed by atoms with van der Waals surface area (Å²) in [6, 6.07) is 0. The van der Waals surface area contributed by atoms with Crippen LogP contribution in [0.25, 0.3) is 0 Å². The third-order valence-electron chi connectivity index (χ3n) is 3.32. The minimum Gasteiger partial charge on any atom is -0.468 e. The molecule has 1 unspecified atom stereocenters. The molecule has 0 heterocycles. The number of ether oxygens (including phenoxy) is 2. The molecule has 0 aromatic rings. The van der Waals surface area contributed by atoms with Gasteiger partial charge in [0.1, 0.15) is 0 Å². The highest BCUT2D eigenvalue weighted by Crippen LogP contribution is 2.37. The van der Waals surface area contributed by atoms with Gasteiger partial charge in [0, 0.05) is 12.3 Å². The van der Waals surface area contributed by atoms with Gasteiger partial charge in [0.2, 0.25) is 0 Å². The molecule has 0 radical (unpaired) electrons. The number of carbonyl (C=O) groups is 2. The summed E-state index contributed by atoms with van der Waals surface area (Å²) < 4.78 is 9.33. The molecular weight excluding hydrogens is 244 g/mol. The summed E-state index contributed by atoms with van der Waals surface area (Å²) in [5.74, 6) is 4.43. The molecule has 104 valence electrons. The van der Waals surface area contributed by atoms with Crippen LogP contribution in [0.2, 0.25) is 0 Å². The van der Waals surface area contributed by atoms with E-state index in [1.807, 2.05) is 12.2 Å². The molecule has 1 aliphatic carbocycles. The smallest absolute Gasteiger partial charge is 0.384 e. The predicted octanol–water partition coefficient (Wildman–Crippen LogP) is 2.23. The van der Waals surface area contributed by atoms with Gasteiger partial charge < -0.3 is 9.47 Å². The zero-order chi connectivity index (χ0) is 14.1. The maximum absolute atomic E-state index is 11.9. The van der Waals surface area contributed by atoms with Gasteiger partial charge in [0.25, 0.3) is 0 Å². The molecule has 0 fully saturated rings. The molecule has 4 heteroatoms. The zero-order valence-corrected chi connectivity index (χ0v) is 11.5. The van der Waals surface area contributed by atoms with E-state index < -0.39 is 11.4 Å². The first-order valence-corrected chi connectivity index (χ1v) is 6.47. The van der Waals surface area contributed by atoms with Gasteiger partial charge >= 0.3 is 11.9 Å². The van der Waals surface area contributed by atoms with E-state index >= 15 is 0 Å². The summed E-state index contributed by atoms with van der Waals surface area (Å²) in [5.41, 5.74) is -0.500. The number of methoxy groups -OCH3 is 2. The van der Waals surface area contributed by atoms with Crippen LogP contribution in [-0.4, -0.2) is 26.2 Å². The molecule has 0 bridgehead atoms. The van der Waals surface area contributed by atoms with Crippen molar-refractivity contribution in [3.05, 3.63) is 12.2 Å². The number of allylic oxidation sites excluding steroid dienone is 1. The fourth-order valence-electron chi connectivity index (χ4n) is 2.29. The van der Waals surface area contributed by atoms with Crippen molar-refractivity contribution < 1.29 is 19.1 Å². The highest BCUT2D eigenvalue weighted by molar-refractivity contribution is 5.88. The van der Waals surface area contributed by atoms with E-state index in [4.69, 9.17) is 4.74 Å². The van der Waals surface area contributed by atoms with Crippen LogP contribution < -0.4 is 0 Å². The average Bonchev–Trinajstić information content (AvgIpc) is 2.46. The lowest BCUT2D eigenvalue weighted by Crippen LogP contribution is -2.31. The average molecular weight is 264 g/mol.